The van der Waals surface area contributed by atoms with Crippen LogP contribution in [0.5, 0.6) is 5.75 Å². The quantitative estimate of drug-likeness (QED) is 0.290. The maximum Gasteiger partial charge on any atom is 0.422 e. The molecule has 0 radical (unpaired) electrons. The second kappa shape index (κ2) is 13.1. The van der Waals surface area contributed by atoms with Crippen LogP contribution in [-0.4, -0.2) is 44.2 Å². The molecule has 4 unspecified atom stereocenters. The Labute approximate surface area is 218 Å². The molecular weight excluding hydrogens is 488 g/mol. The molecule has 4 nitrogen and oxygen atoms in total. The highest BCUT2D eigenvalue weighted by Gasteiger charge is 2.37. The van der Waals surface area contributed by atoms with Crippen LogP contribution in [0.1, 0.15) is 96.0 Å². The molecule has 4 atom stereocenters. The normalized spacial score (nSPS) is 31.3. The first kappa shape index (κ1) is 28.6. The van der Waals surface area contributed by atoms with E-state index >= 15 is 0 Å². The smallest absolute Gasteiger partial charge is 0.422 e. The van der Waals surface area contributed by atoms with Gasteiger partial charge in [0, 0.05) is 5.92 Å². The van der Waals surface area contributed by atoms with Crippen molar-refractivity contribution < 1.29 is 36.5 Å². The van der Waals surface area contributed by atoms with Crippen LogP contribution >= 0.6 is 0 Å². The zero-order chi connectivity index (χ0) is 26.4. The molecule has 2 saturated heterocycles. The maximum atomic E-state index is 14.9. The van der Waals surface area contributed by atoms with Crippen LogP contribution in [0.15, 0.2) is 12.1 Å². The highest BCUT2D eigenvalue weighted by molar-refractivity contribution is 5.33. The van der Waals surface area contributed by atoms with Crippen molar-refractivity contribution in [2.24, 2.45) is 11.8 Å². The molecule has 2 heterocycles. The molecule has 4 rings (SSSR count). The summed E-state index contributed by atoms with van der Waals surface area (Å²) in [5.41, 5.74) is 0.150. The van der Waals surface area contributed by atoms with E-state index in [-0.39, 0.29) is 30.3 Å². The average Bonchev–Trinajstić information content (AvgIpc) is 2.90. The van der Waals surface area contributed by atoms with Crippen LogP contribution in [0.3, 0.4) is 0 Å². The molecule has 1 aromatic carbocycles. The first-order valence-corrected chi connectivity index (χ1v) is 14.1. The Kier molecular flexibility index (Phi) is 10.1. The van der Waals surface area contributed by atoms with Crippen LogP contribution in [0, 0.1) is 23.5 Å². The van der Waals surface area contributed by atoms with E-state index in [2.05, 4.69) is 18.6 Å². The molecule has 0 amide bonds. The number of hydrogen-bond acceptors (Lipinski definition) is 4. The van der Waals surface area contributed by atoms with Crippen molar-refractivity contribution in [2.45, 2.75) is 115 Å². The lowest BCUT2D eigenvalue weighted by Crippen LogP contribution is -2.37. The number of hydrogen-bond donors (Lipinski definition) is 0. The summed E-state index contributed by atoms with van der Waals surface area (Å²) in [6, 6.07) is 2.42. The molecule has 0 aromatic heterocycles. The Morgan fingerprint density at radius 3 is 2.35 bits per heavy atom. The zero-order valence-electron chi connectivity index (χ0n) is 22.2. The van der Waals surface area contributed by atoms with E-state index in [0.29, 0.717) is 25.4 Å². The van der Waals surface area contributed by atoms with Gasteiger partial charge < -0.3 is 18.9 Å². The molecular formula is C29H42F4O4. The molecule has 2 aliphatic heterocycles. The monoisotopic (exact) mass is 530 g/mol. The molecule has 1 aromatic rings. The predicted octanol–water partition coefficient (Wildman–Crippen LogP) is 7.78. The van der Waals surface area contributed by atoms with Crippen molar-refractivity contribution in [3.63, 3.8) is 0 Å². The van der Waals surface area contributed by atoms with E-state index < -0.39 is 36.2 Å². The van der Waals surface area contributed by atoms with Crippen LogP contribution in [0.25, 0.3) is 0 Å². The summed E-state index contributed by atoms with van der Waals surface area (Å²) < 4.78 is 80.2. The topological polar surface area (TPSA) is 36.9 Å². The van der Waals surface area contributed by atoms with Crippen LogP contribution < -0.4 is 4.74 Å². The molecule has 210 valence electrons. The SMILES string of the molecule is CCCCC1CCC(OCC(F)(F)Oc2ccc(C3CCC(C4CCC(C)CC4)OC3)c(F)c2F)CO1. The van der Waals surface area contributed by atoms with Gasteiger partial charge in [0.25, 0.3) is 0 Å². The van der Waals surface area contributed by atoms with E-state index in [9.17, 15) is 17.6 Å². The molecule has 0 spiro atoms. The summed E-state index contributed by atoms with van der Waals surface area (Å²) in [4.78, 5) is 0. The molecule has 3 aliphatic rings. The minimum absolute atomic E-state index is 0.142. The van der Waals surface area contributed by atoms with Gasteiger partial charge in [-0.1, -0.05) is 45.6 Å². The van der Waals surface area contributed by atoms with Gasteiger partial charge in [-0.3, -0.25) is 0 Å². The molecule has 8 heteroatoms. The number of halogens is 4. The van der Waals surface area contributed by atoms with E-state index in [1.54, 1.807) is 0 Å². The summed E-state index contributed by atoms with van der Waals surface area (Å²) in [6.45, 7) is 3.88. The predicted molar refractivity (Wildman–Crippen MR) is 133 cm³/mol. The third-order valence-electron chi connectivity index (χ3n) is 8.37. The minimum Gasteiger partial charge on any atom is -0.428 e. The average molecular weight is 531 g/mol. The Hall–Kier alpha value is -1.38. The van der Waals surface area contributed by atoms with Crippen molar-refractivity contribution in [1.29, 1.82) is 0 Å². The molecule has 1 aliphatic carbocycles. The Morgan fingerprint density at radius 2 is 1.70 bits per heavy atom. The van der Waals surface area contributed by atoms with Crippen molar-refractivity contribution in [3.05, 3.63) is 29.3 Å². The Morgan fingerprint density at radius 1 is 0.919 bits per heavy atom. The van der Waals surface area contributed by atoms with Crippen molar-refractivity contribution in [3.8, 4) is 5.75 Å². The largest absolute Gasteiger partial charge is 0.428 e. The highest BCUT2D eigenvalue weighted by Crippen LogP contribution is 2.39. The number of alkyl halides is 2. The lowest BCUT2D eigenvalue weighted by molar-refractivity contribution is -0.229. The number of ether oxygens (including phenoxy) is 4. The van der Waals surface area contributed by atoms with Gasteiger partial charge in [-0.15, -0.1) is 0 Å². The fourth-order valence-electron chi connectivity index (χ4n) is 5.97. The van der Waals surface area contributed by atoms with Gasteiger partial charge in [-0.2, -0.15) is 13.2 Å². The number of rotatable bonds is 10. The van der Waals surface area contributed by atoms with Crippen LogP contribution in [0.2, 0.25) is 0 Å². The third-order valence-corrected chi connectivity index (χ3v) is 8.37. The second-order valence-corrected chi connectivity index (χ2v) is 11.3. The van der Waals surface area contributed by atoms with Gasteiger partial charge in [0.05, 0.1) is 31.5 Å². The highest BCUT2D eigenvalue weighted by atomic mass is 19.3. The first-order valence-electron chi connectivity index (χ1n) is 14.1. The Bertz CT molecular complexity index is 843. The summed E-state index contributed by atoms with van der Waals surface area (Å²) in [5.74, 6) is -2.39. The lowest BCUT2D eigenvalue weighted by Gasteiger charge is -2.37. The number of unbranched alkanes of at least 4 members (excludes halogenated alkanes) is 1. The second-order valence-electron chi connectivity index (χ2n) is 11.3. The first-order chi connectivity index (χ1) is 17.8. The molecule has 37 heavy (non-hydrogen) atoms. The van der Waals surface area contributed by atoms with Crippen molar-refractivity contribution in [1.82, 2.24) is 0 Å². The van der Waals surface area contributed by atoms with Gasteiger partial charge in [0.15, 0.2) is 18.2 Å². The lowest BCUT2D eigenvalue weighted by atomic mass is 9.77. The Balaban J connectivity index is 1.26. The van der Waals surface area contributed by atoms with Crippen molar-refractivity contribution in [2.75, 3.05) is 19.8 Å². The number of benzene rings is 1. The summed E-state index contributed by atoms with van der Waals surface area (Å²) in [5, 5.41) is 0. The van der Waals surface area contributed by atoms with E-state index in [4.69, 9.17) is 14.2 Å². The standard InChI is InChI=1S/C29H42F4O4/c1-3-4-5-22-11-12-23(17-34-22)36-18-29(32,33)37-26-15-13-24(27(30)28(26)31)21-10-14-25(35-16-21)20-8-6-19(2)7-9-20/h13,15,19-23,25H,3-12,14,16-18H2,1-2H3. The van der Waals surface area contributed by atoms with Gasteiger partial charge in [-0.25, -0.2) is 4.39 Å². The zero-order valence-corrected chi connectivity index (χ0v) is 22.2. The van der Waals surface area contributed by atoms with Gasteiger partial charge in [0.1, 0.15) is 0 Å². The molecule has 0 bridgehead atoms. The third kappa shape index (κ3) is 7.82. The van der Waals surface area contributed by atoms with Gasteiger partial charge in [0.2, 0.25) is 5.82 Å². The van der Waals surface area contributed by atoms with Crippen LogP contribution in [0.4, 0.5) is 17.6 Å². The maximum absolute atomic E-state index is 14.9. The van der Waals surface area contributed by atoms with Gasteiger partial charge in [-0.05, 0) is 68.4 Å². The van der Waals surface area contributed by atoms with Crippen LogP contribution in [-0.2, 0) is 14.2 Å². The summed E-state index contributed by atoms with van der Waals surface area (Å²) >= 11 is 0. The fourth-order valence-corrected chi connectivity index (χ4v) is 5.97. The molecule has 3 fully saturated rings. The summed E-state index contributed by atoms with van der Waals surface area (Å²) in [7, 11) is 0. The van der Waals surface area contributed by atoms with Gasteiger partial charge >= 0.3 is 6.11 Å². The van der Waals surface area contributed by atoms with E-state index in [1.165, 1.54) is 18.9 Å². The summed E-state index contributed by atoms with van der Waals surface area (Å²) in [6.07, 6.45) is 6.70. The fraction of sp³-hybridized carbons (Fsp3) is 0.793. The molecule has 1 saturated carbocycles. The minimum atomic E-state index is -3.80. The van der Waals surface area contributed by atoms with E-state index in [0.717, 1.165) is 56.9 Å². The molecule has 0 N–H and O–H groups in total. The van der Waals surface area contributed by atoms with Crippen molar-refractivity contribution >= 4 is 0 Å². The van der Waals surface area contributed by atoms with E-state index in [1.807, 2.05) is 0 Å².